The quantitative estimate of drug-likeness (QED) is 0.263. The van der Waals surface area contributed by atoms with E-state index in [4.69, 9.17) is 14.7 Å². The number of nitrogens with one attached hydrogen (secondary N) is 2. The highest BCUT2D eigenvalue weighted by molar-refractivity contribution is 14.0. The van der Waals surface area contributed by atoms with Crippen molar-refractivity contribution in [2.75, 3.05) is 19.7 Å². The molecule has 0 bridgehead atoms. The van der Waals surface area contributed by atoms with Crippen molar-refractivity contribution in [1.29, 1.82) is 0 Å². The molecule has 7 heteroatoms. The van der Waals surface area contributed by atoms with Gasteiger partial charge in [0.05, 0.1) is 18.8 Å². The minimum atomic E-state index is 0. The molecule has 0 saturated heterocycles. The Balaban J connectivity index is 0.00000256. The van der Waals surface area contributed by atoms with Crippen LogP contribution in [0.3, 0.4) is 0 Å². The van der Waals surface area contributed by atoms with Gasteiger partial charge in [0, 0.05) is 30.5 Å². The molecule has 158 valence electrons. The zero-order valence-corrected chi connectivity index (χ0v) is 20.2. The normalized spacial score (nSPS) is 12.6. The van der Waals surface area contributed by atoms with Crippen molar-refractivity contribution in [3.63, 3.8) is 0 Å². The molecule has 0 aliphatic carbocycles. The molecule has 0 atom stereocenters. The van der Waals surface area contributed by atoms with Gasteiger partial charge in [-0.15, -0.1) is 35.3 Å². The second kappa shape index (κ2) is 11.3. The lowest BCUT2D eigenvalue weighted by atomic mass is 10.1. The largest absolute Gasteiger partial charge is 0.493 e. The predicted octanol–water partition coefficient (Wildman–Crippen LogP) is 4.66. The van der Waals surface area contributed by atoms with Crippen molar-refractivity contribution in [2.45, 2.75) is 26.3 Å². The summed E-state index contributed by atoms with van der Waals surface area (Å²) >= 11 is 1.65. The second-order valence-electron chi connectivity index (χ2n) is 6.90. The molecule has 5 nitrogen and oxygen atoms in total. The van der Waals surface area contributed by atoms with Crippen molar-refractivity contribution in [3.8, 4) is 17.0 Å². The Morgan fingerprint density at radius 1 is 1.17 bits per heavy atom. The molecule has 0 amide bonds. The van der Waals surface area contributed by atoms with Crippen LogP contribution in [0, 0.1) is 0 Å². The first-order chi connectivity index (χ1) is 14.3. The number of aromatic nitrogens is 1. The minimum absolute atomic E-state index is 0. The number of hydrogen-bond acceptors (Lipinski definition) is 4. The third kappa shape index (κ3) is 5.95. The maximum atomic E-state index is 5.58. The number of aliphatic imine (C=N–C) groups is 1. The molecule has 0 unspecified atom stereocenters. The van der Waals surface area contributed by atoms with E-state index in [-0.39, 0.29) is 24.0 Å². The van der Waals surface area contributed by atoms with Crippen LogP contribution in [0.5, 0.6) is 5.75 Å². The van der Waals surface area contributed by atoms with Crippen molar-refractivity contribution < 1.29 is 4.74 Å². The maximum absolute atomic E-state index is 5.58. The topological polar surface area (TPSA) is 58.5 Å². The number of rotatable bonds is 7. The van der Waals surface area contributed by atoms with E-state index in [0.29, 0.717) is 6.54 Å². The molecule has 3 aromatic rings. The summed E-state index contributed by atoms with van der Waals surface area (Å²) < 4.78 is 5.58. The number of ether oxygens (including phenoxy) is 1. The highest BCUT2D eigenvalue weighted by Crippen LogP contribution is 2.26. The van der Waals surface area contributed by atoms with Crippen LogP contribution in [0.25, 0.3) is 11.3 Å². The number of thiazole rings is 1. The molecule has 2 N–H and O–H groups in total. The molecule has 1 aliphatic rings. The SMILES string of the molecule is CCNC(=NCc1nc(-c2ccccc2)cs1)NCCc1ccc2c(c1)CCO2.I. The predicted molar refractivity (Wildman–Crippen MR) is 135 cm³/mol. The number of guanidine groups is 1. The van der Waals surface area contributed by atoms with Gasteiger partial charge in [0.1, 0.15) is 10.8 Å². The lowest BCUT2D eigenvalue weighted by Crippen LogP contribution is -2.38. The fourth-order valence-electron chi connectivity index (χ4n) is 3.33. The van der Waals surface area contributed by atoms with E-state index in [1.165, 1.54) is 11.1 Å². The number of nitrogens with zero attached hydrogens (tertiary/aromatic N) is 2. The first kappa shape index (κ1) is 22.6. The van der Waals surface area contributed by atoms with Gasteiger partial charge in [0.2, 0.25) is 0 Å². The van der Waals surface area contributed by atoms with Gasteiger partial charge in [-0.3, -0.25) is 0 Å². The summed E-state index contributed by atoms with van der Waals surface area (Å²) in [6, 6.07) is 16.8. The Hall–Kier alpha value is -2.13. The van der Waals surface area contributed by atoms with E-state index in [1.807, 2.05) is 18.2 Å². The summed E-state index contributed by atoms with van der Waals surface area (Å²) in [6.07, 6.45) is 1.96. The summed E-state index contributed by atoms with van der Waals surface area (Å²) in [6.45, 7) is 5.11. The third-order valence-corrected chi connectivity index (χ3v) is 5.63. The van der Waals surface area contributed by atoms with Crippen molar-refractivity contribution in [3.05, 3.63) is 70.0 Å². The Labute approximate surface area is 199 Å². The molecule has 30 heavy (non-hydrogen) atoms. The molecule has 0 spiro atoms. The van der Waals surface area contributed by atoms with Crippen molar-refractivity contribution in [2.24, 2.45) is 4.99 Å². The van der Waals surface area contributed by atoms with Crippen LogP contribution in [-0.4, -0.2) is 30.6 Å². The molecule has 0 saturated carbocycles. The first-order valence-electron chi connectivity index (χ1n) is 10.1. The van der Waals surface area contributed by atoms with Crippen LogP contribution >= 0.6 is 35.3 Å². The molecule has 1 aromatic heterocycles. The second-order valence-corrected chi connectivity index (χ2v) is 7.85. The first-order valence-corrected chi connectivity index (χ1v) is 11.0. The molecule has 0 radical (unpaired) electrons. The lowest BCUT2D eigenvalue weighted by Gasteiger charge is -2.11. The van der Waals surface area contributed by atoms with Gasteiger partial charge in [-0.2, -0.15) is 0 Å². The van der Waals surface area contributed by atoms with Crippen LogP contribution < -0.4 is 15.4 Å². The third-order valence-electron chi connectivity index (χ3n) is 4.80. The van der Waals surface area contributed by atoms with Crippen molar-refractivity contribution >= 4 is 41.3 Å². The van der Waals surface area contributed by atoms with Crippen LogP contribution in [0.15, 0.2) is 58.9 Å². The number of benzene rings is 2. The van der Waals surface area contributed by atoms with Crippen LogP contribution in [0.1, 0.15) is 23.1 Å². The van der Waals surface area contributed by atoms with Crippen LogP contribution in [0.4, 0.5) is 0 Å². The van der Waals surface area contributed by atoms with Crippen LogP contribution in [0.2, 0.25) is 0 Å². The zero-order chi connectivity index (χ0) is 19.9. The molecule has 0 fully saturated rings. The van der Waals surface area contributed by atoms with Gasteiger partial charge in [-0.25, -0.2) is 9.98 Å². The Kier molecular flexibility index (Phi) is 8.50. The molecule has 1 aliphatic heterocycles. The molecule has 4 rings (SSSR count). The maximum Gasteiger partial charge on any atom is 0.191 e. The highest BCUT2D eigenvalue weighted by Gasteiger charge is 2.11. The van der Waals surface area contributed by atoms with E-state index < -0.39 is 0 Å². The zero-order valence-electron chi connectivity index (χ0n) is 17.1. The average molecular weight is 534 g/mol. The Morgan fingerprint density at radius 3 is 2.87 bits per heavy atom. The number of hydrogen-bond donors (Lipinski definition) is 2. The number of halogens is 1. The fraction of sp³-hybridized carbons (Fsp3) is 0.304. The standard InChI is InChI=1S/C23H26N4OS.HI/c1-2-24-23(25-12-10-17-8-9-21-19(14-17)11-13-28-21)26-15-22-27-20(16-29-22)18-6-4-3-5-7-18;/h3-9,14,16H,2,10-13,15H2,1H3,(H2,24,25,26);1H. The van der Waals surface area contributed by atoms with Crippen molar-refractivity contribution in [1.82, 2.24) is 15.6 Å². The van der Waals surface area contributed by atoms with E-state index in [0.717, 1.165) is 60.5 Å². The van der Waals surface area contributed by atoms with Gasteiger partial charge >= 0.3 is 0 Å². The van der Waals surface area contributed by atoms with E-state index in [1.54, 1.807) is 11.3 Å². The smallest absolute Gasteiger partial charge is 0.191 e. The van der Waals surface area contributed by atoms with Gasteiger partial charge < -0.3 is 15.4 Å². The average Bonchev–Trinajstić information content (AvgIpc) is 3.42. The van der Waals surface area contributed by atoms with Gasteiger partial charge in [0.15, 0.2) is 5.96 Å². The Bertz CT molecular complexity index is 974. The van der Waals surface area contributed by atoms with E-state index in [2.05, 4.69) is 53.3 Å². The van der Waals surface area contributed by atoms with Gasteiger partial charge in [0.25, 0.3) is 0 Å². The fourth-order valence-corrected chi connectivity index (χ4v) is 4.06. The minimum Gasteiger partial charge on any atom is -0.493 e. The lowest BCUT2D eigenvalue weighted by molar-refractivity contribution is 0.357. The summed E-state index contributed by atoms with van der Waals surface area (Å²) in [5.41, 5.74) is 4.80. The molecular formula is C23H27IN4OS. The van der Waals surface area contributed by atoms with E-state index >= 15 is 0 Å². The van der Waals surface area contributed by atoms with E-state index in [9.17, 15) is 0 Å². The summed E-state index contributed by atoms with van der Waals surface area (Å²) in [4.78, 5) is 9.42. The summed E-state index contributed by atoms with van der Waals surface area (Å²) in [5.74, 6) is 1.86. The van der Waals surface area contributed by atoms with Gasteiger partial charge in [-0.1, -0.05) is 42.5 Å². The van der Waals surface area contributed by atoms with Crippen LogP contribution in [-0.2, 0) is 19.4 Å². The summed E-state index contributed by atoms with van der Waals surface area (Å²) in [7, 11) is 0. The molecule has 2 heterocycles. The highest BCUT2D eigenvalue weighted by atomic mass is 127. The monoisotopic (exact) mass is 534 g/mol. The van der Waals surface area contributed by atoms with Gasteiger partial charge in [-0.05, 0) is 30.5 Å². The molecule has 2 aromatic carbocycles. The number of fused-ring (bicyclic) bond motifs is 1. The molecular weight excluding hydrogens is 507 g/mol. The Morgan fingerprint density at radius 2 is 2.03 bits per heavy atom. The summed E-state index contributed by atoms with van der Waals surface area (Å²) in [5, 5.41) is 9.85.